The Balaban J connectivity index is 1.18. The van der Waals surface area contributed by atoms with Crippen LogP contribution in [0.15, 0.2) is 0 Å². The Bertz CT molecular complexity index is 543. The van der Waals surface area contributed by atoms with Gasteiger partial charge in [-0.05, 0) is 76.0 Å². The minimum absolute atomic E-state index is 0.436. The molecular formula is C27H48N2O2. The molecule has 31 heavy (non-hydrogen) atoms. The van der Waals surface area contributed by atoms with Crippen molar-refractivity contribution in [3.63, 3.8) is 0 Å². The van der Waals surface area contributed by atoms with Gasteiger partial charge in [0.05, 0.1) is 12.2 Å². The summed E-state index contributed by atoms with van der Waals surface area (Å²) in [6.07, 6.45) is 25.0. The topological polar surface area (TPSA) is 24.9 Å². The van der Waals surface area contributed by atoms with Crippen molar-refractivity contribution in [3.05, 3.63) is 0 Å². The van der Waals surface area contributed by atoms with Gasteiger partial charge in [-0.25, -0.2) is 0 Å². The Kier molecular flexibility index (Phi) is 8.26. The molecule has 0 spiro atoms. The van der Waals surface area contributed by atoms with E-state index in [9.17, 15) is 0 Å². The Labute approximate surface area is 191 Å². The third kappa shape index (κ3) is 5.86. The van der Waals surface area contributed by atoms with Gasteiger partial charge in [-0.1, -0.05) is 44.9 Å². The van der Waals surface area contributed by atoms with Crippen LogP contribution in [0.25, 0.3) is 0 Å². The highest BCUT2D eigenvalue weighted by molar-refractivity contribution is 4.85. The first kappa shape index (κ1) is 22.6. The third-order valence-corrected chi connectivity index (χ3v) is 9.16. The van der Waals surface area contributed by atoms with E-state index in [0.29, 0.717) is 24.7 Å². The van der Waals surface area contributed by atoms with E-state index in [-0.39, 0.29) is 0 Å². The molecule has 5 aliphatic rings. The molecule has 5 rings (SSSR count). The lowest BCUT2D eigenvalue weighted by Gasteiger charge is -2.47. The summed E-state index contributed by atoms with van der Waals surface area (Å²) in [7, 11) is 0. The SMILES string of the molecule is C1CCCC2CCCN3CCC(CCCCCC4CCCN5CCC(CC1)OC45)OC23. The van der Waals surface area contributed by atoms with E-state index in [4.69, 9.17) is 9.47 Å². The standard InChI is InChI=1S/C27H48N2O2/c1-2-6-14-24-16-20-29-19-9-13-23(27(29)30-24)11-5-3-7-15-25-17-21-28-18-8-12-22(10-4-1)26(28)31-25/h22-27H,1-21H2. The summed E-state index contributed by atoms with van der Waals surface area (Å²) in [4.78, 5) is 5.36. The number of piperidine rings is 2. The second-order valence-electron chi connectivity index (χ2n) is 11.4. The number of nitrogens with zero attached hydrogens (tertiary/aromatic N) is 2. The minimum Gasteiger partial charge on any atom is -0.360 e. The highest BCUT2D eigenvalue weighted by Crippen LogP contribution is 2.36. The largest absolute Gasteiger partial charge is 0.360 e. The molecule has 178 valence electrons. The summed E-state index contributed by atoms with van der Waals surface area (Å²) in [5, 5.41) is 0. The quantitative estimate of drug-likeness (QED) is 0.472. The van der Waals surface area contributed by atoms with Gasteiger partial charge in [0.15, 0.2) is 0 Å². The summed E-state index contributed by atoms with van der Waals surface area (Å²) >= 11 is 0. The molecule has 5 heterocycles. The molecule has 0 N–H and O–H groups in total. The zero-order valence-corrected chi connectivity index (χ0v) is 20.0. The van der Waals surface area contributed by atoms with Crippen LogP contribution in [0.2, 0.25) is 0 Å². The number of ether oxygens (including phenoxy) is 2. The highest BCUT2D eigenvalue weighted by Gasteiger charge is 2.38. The number of fused-ring (bicyclic) bond motifs is 2. The molecule has 0 aromatic carbocycles. The molecule has 4 nitrogen and oxygen atoms in total. The van der Waals surface area contributed by atoms with Gasteiger partial charge in [-0.3, -0.25) is 9.80 Å². The van der Waals surface area contributed by atoms with E-state index in [0.717, 1.165) is 11.8 Å². The van der Waals surface area contributed by atoms with Crippen LogP contribution in [-0.2, 0) is 9.47 Å². The van der Waals surface area contributed by atoms with Gasteiger partial charge in [0.1, 0.15) is 12.5 Å². The van der Waals surface area contributed by atoms with Crippen LogP contribution in [0, 0.1) is 11.8 Å². The Morgan fingerprint density at radius 2 is 0.806 bits per heavy atom. The monoisotopic (exact) mass is 432 g/mol. The fourth-order valence-electron chi connectivity index (χ4n) is 7.36. The lowest BCUT2D eigenvalue weighted by Crippen LogP contribution is -2.53. The van der Waals surface area contributed by atoms with Crippen LogP contribution >= 0.6 is 0 Å². The van der Waals surface area contributed by atoms with Gasteiger partial charge in [0, 0.05) is 26.2 Å². The first-order chi connectivity index (χ1) is 15.4. The fourth-order valence-corrected chi connectivity index (χ4v) is 7.36. The zero-order valence-electron chi connectivity index (χ0n) is 20.0. The Hall–Kier alpha value is -0.160. The van der Waals surface area contributed by atoms with E-state index in [1.165, 1.54) is 135 Å². The van der Waals surface area contributed by atoms with Gasteiger partial charge >= 0.3 is 0 Å². The van der Waals surface area contributed by atoms with Crippen molar-refractivity contribution >= 4 is 0 Å². The van der Waals surface area contributed by atoms with Crippen LogP contribution in [0.4, 0.5) is 0 Å². The van der Waals surface area contributed by atoms with Crippen LogP contribution in [0.3, 0.4) is 0 Å². The molecule has 0 amide bonds. The van der Waals surface area contributed by atoms with Crippen molar-refractivity contribution in [3.8, 4) is 0 Å². The molecule has 4 bridgehead atoms. The lowest BCUT2D eigenvalue weighted by atomic mass is 9.88. The second-order valence-corrected chi connectivity index (χ2v) is 11.4. The van der Waals surface area contributed by atoms with Crippen LogP contribution in [-0.4, -0.2) is 60.6 Å². The van der Waals surface area contributed by atoms with Crippen molar-refractivity contribution in [2.45, 2.75) is 134 Å². The summed E-state index contributed by atoms with van der Waals surface area (Å²) in [5.74, 6) is 1.57. The average molecular weight is 433 g/mol. The van der Waals surface area contributed by atoms with Crippen molar-refractivity contribution < 1.29 is 9.47 Å². The molecule has 5 aliphatic heterocycles. The third-order valence-electron chi connectivity index (χ3n) is 9.16. The van der Waals surface area contributed by atoms with E-state index >= 15 is 0 Å². The number of hydrogen-bond acceptors (Lipinski definition) is 4. The molecule has 0 saturated carbocycles. The molecule has 0 radical (unpaired) electrons. The molecule has 5 saturated heterocycles. The second kappa shape index (κ2) is 11.3. The van der Waals surface area contributed by atoms with Crippen LogP contribution in [0.5, 0.6) is 0 Å². The molecule has 5 fully saturated rings. The van der Waals surface area contributed by atoms with Gasteiger partial charge in [0.2, 0.25) is 0 Å². The first-order valence-corrected chi connectivity index (χ1v) is 14.2. The average Bonchev–Trinajstić information content (AvgIpc) is 2.81. The molecule has 0 aromatic rings. The van der Waals surface area contributed by atoms with Crippen molar-refractivity contribution in [2.75, 3.05) is 26.2 Å². The van der Waals surface area contributed by atoms with Gasteiger partial charge < -0.3 is 9.47 Å². The van der Waals surface area contributed by atoms with Crippen molar-refractivity contribution in [2.24, 2.45) is 11.8 Å². The summed E-state index contributed by atoms with van der Waals surface area (Å²) < 4.78 is 13.5. The summed E-state index contributed by atoms with van der Waals surface area (Å²) in [6.45, 7) is 5.11. The van der Waals surface area contributed by atoms with E-state index < -0.39 is 0 Å². The van der Waals surface area contributed by atoms with E-state index in [1.54, 1.807) is 0 Å². The maximum absolute atomic E-state index is 6.74. The van der Waals surface area contributed by atoms with Crippen LogP contribution < -0.4 is 0 Å². The van der Waals surface area contributed by atoms with Gasteiger partial charge in [-0.2, -0.15) is 0 Å². The zero-order chi connectivity index (χ0) is 20.9. The number of hydrogen-bond donors (Lipinski definition) is 0. The normalized spacial score (nSPS) is 42.2. The Morgan fingerprint density at radius 3 is 1.32 bits per heavy atom. The first-order valence-electron chi connectivity index (χ1n) is 14.2. The van der Waals surface area contributed by atoms with Crippen molar-refractivity contribution in [1.82, 2.24) is 9.80 Å². The Morgan fingerprint density at radius 1 is 0.387 bits per heavy atom. The molecule has 6 unspecified atom stereocenters. The number of rotatable bonds is 0. The minimum atomic E-state index is 0.436. The maximum atomic E-state index is 6.74. The molecule has 0 aliphatic carbocycles. The molecule has 4 heteroatoms. The molecule has 0 aromatic heterocycles. The predicted molar refractivity (Wildman–Crippen MR) is 126 cm³/mol. The van der Waals surface area contributed by atoms with Gasteiger partial charge in [-0.15, -0.1) is 0 Å². The van der Waals surface area contributed by atoms with Crippen LogP contribution in [0.1, 0.15) is 109 Å². The smallest absolute Gasteiger partial charge is 0.113 e. The highest BCUT2D eigenvalue weighted by atomic mass is 16.5. The summed E-state index contributed by atoms with van der Waals surface area (Å²) in [5.41, 5.74) is 0. The predicted octanol–water partition coefficient (Wildman–Crippen LogP) is 5.95. The fraction of sp³-hybridized carbons (Fsp3) is 1.00. The maximum Gasteiger partial charge on any atom is 0.113 e. The van der Waals surface area contributed by atoms with E-state index in [1.807, 2.05) is 0 Å². The lowest BCUT2D eigenvalue weighted by molar-refractivity contribution is -0.182. The van der Waals surface area contributed by atoms with Gasteiger partial charge in [0.25, 0.3) is 0 Å². The molecule has 6 atom stereocenters. The molecular weight excluding hydrogens is 384 g/mol. The summed E-state index contributed by atoms with van der Waals surface area (Å²) in [6, 6.07) is 0. The van der Waals surface area contributed by atoms with E-state index in [2.05, 4.69) is 9.80 Å². The van der Waals surface area contributed by atoms with Crippen molar-refractivity contribution in [1.29, 1.82) is 0 Å².